The molecule has 0 radical (unpaired) electrons. The molecule has 3 rings (SSSR count). The van der Waals surface area contributed by atoms with Gasteiger partial charge in [-0.2, -0.15) is 11.3 Å². The van der Waals surface area contributed by atoms with Crippen molar-refractivity contribution in [1.29, 1.82) is 0 Å². The zero-order valence-corrected chi connectivity index (χ0v) is 12.0. The van der Waals surface area contributed by atoms with E-state index < -0.39 is 0 Å². The van der Waals surface area contributed by atoms with Crippen LogP contribution in [0.1, 0.15) is 19.4 Å². The molecule has 1 aromatic heterocycles. The Morgan fingerprint density at radius 3 is 3.06 bits per heavy atom. The summed E-state index contributed by atoms with van der Waals surface area (Å²) in [5, 5.41) is 4.42. The molecule has 0 unspecified atom stereocenters. The van der Waals surface area contributed by atoms with Crippen LogP contribution in [0.25, 0.3) is 0 Å². The van der Waals surface area contributed by atoms with E-state index in [1.807, 2.05) is 0 Å². The van der Waals surface area contributed by atoms with E-state index in [2.05, 4.69) is 40.5 Å². The normalized spacial score (nSPS) is 29.9. The first kappa shape index (κ1) is 12.6. The molecular weight excluding hydrogens is 244 g/mol. The molecule has 0 aromatic carbocycles. The Morgan fingerprint density at radius 2 is 2.33 bits per heavy atom. The lowest BCUT2D eigenvalue weighted by atomic mass is 10.1. The molecule has 2 fully saturated rings. The second-order valence-electron chi connectivity index (χ2n) is 5.63. The van der Waals surface area contributed by atoms with Crippen molar-refractivity contribution < 1.29 is 4.74 Å². The molecule has 0 spiro atoms. The summed E-state index contributed by atoms with van der Waals surface area (Å²) in [7, 11) is 0. The second kappa shape index (κ2) is 5.29. The molecule has 0 amide bonds. The van der Waals surface area contributed by atoms with Gasteiger partial charge in [-0.05, 0) is 36.2 Å². The van der Waals surface area contributed by atoms with Crippen LogP contribution in [-0.2, 0) is 11.3 Å². The highest BCUT2D eigenvalue weighted by Gasteiger charge is 2.40. The van der Waals surface area contributed by atoms with Gasteiger partial charge in [0.1, 0.15) is 0 Å². The van der Waals surface area contributed by atoms with E-state index >= 15 is 0 Å². The van der Waals surface area contributed by atoms with Gasteiger partial charge in [-0.15, -0.1) is 0 Å². The molecule has 2 atom stereocenters. The largest absolute Gasteiger partial charge is 0.374 e. The molecule has 2 aliphatic rings. The monoisotopic (exact) mass is 266 g/mol. The average molecular weight is 266 g/mol. The molecule has 0 N–H and O–H groups in total. The molecule has 100 valence electrons. The number of thiophene rings is 1. The predicted molar refractivity (Wildman–Crippen MR) is 75.0 cm³/mol. The number of hydrogen-bond acceptors (Lipinski definition) is 4. The summed E-state index contributed by atoms with van der Waals surface area (Å²) in [6.45, 7) is 9.89. The van der Waals surface area contributed by atoms with Crippen LogP contribution >= 0.6 is 11.3 Å². The smallest absolute Gasteiger partial charge is 0.0870 e. The van der Waals surface area contributed by atoms with E-state index in [9.17, 15) is 0 Å². The molecular formula is C14H22N2OS. The Balaban J connectivity index is 1.65. The van der Waals surface area contributed by atoms with Crippen molar-refractivity contribution >= 4 is 11.3 Å². The van der Waals surface area contributed by atoms with E-state index in [4.69, 9.17) is 4.74 Å². The molecule has 3 heterocycles. The van der Waals surface area contributed by atoms with Crippen molar-refractivity contribution in [2.45, 2.75) is 38.6 Å². The number of nitrogens with zero attached hydrogens (tertiary/aromatic N) is 2. The van der Waals surface area contributed by atoms with Gasteiger partial charge < -0.3 is 4.74 Å². The van der Waals surface area contributed by atoms with Gasteiger partial charge in [0.25, 0.3) is 0 Å². The van der Waals surface area contributed by atoms with Crippen molar-refractivity contribution in [3.05, 3.63) is 22.4 Å². The SMILES string of the molecule is CC(C)N1CCO[C@H]2CN(Cc3ccsc3)C[C@H]21. The minimum atomic E-state index is 0.416. The molecule has 18 heavy (non-hydrogen) atoms. The van der Waals surface area contributed by atoms with Crippen molar-refractivity contribution in [3.63, 3.8) is 0 Å². The van der Waals surface area contributed by atoms with Gasteiger partial charge >= 0.3 is 0 Å². The van der Waals surface area contributed by atoms with Gasteiger partial charge in [0.15, 0.2) is 0 Å². The summed E-state index contributed by atoms with van der Waals surface area (Å²) < 4.78 is 5.95. The van der Waals surface area contributed by atoms with E-state index in [-0.39, 0.29) is 0 Å². The van der Waals surface area contributed by atoms with E-state index in [0.29, 0.717) is 18.2 Å². The number of hydrogen-bond donors (Lipinski definition) is 0. The molecule has 1 aromatic rings. The number of morpholine rings is 1. The fourth-order valence-electron chi connectivity index (χ4n) is 3.20. The standard InChI is InChI=1S/C14H22N2OS/c1-11(2)16-4-5-17-14-9-15(8-13(14)16)7-12-3-6-18-10-12/h3,6,10-11,13-14H,4-5,7-9H2,1-2H3/t13-,14+/m1/s1. The summed E-state index contributed by atoms with van der Waals surface area (Å²) in [5.74, 6) is 0. The Kier molecular flexibility index (Phi) is 3.71. The van der Waals surface area contributed by atoms with Crippen LogP contribution < -0.4 is 0 Å². The topological polar surface area (TPSA) is 15.7 Å². The van der Waals surface area contributed by atoms with E-state index in [1.165, 1.54) is 5.56 Å². The zero-order valence-electron chi connectivity index (χ0n) is 11.2. The third-order valence-electron chi connectivity index (χ3n) is 4.07. The van der Waals surface area contributed by atoms with Crippen molar-refractivity contribution in [1.82, 2.24) is 9.80 Å². The van der Waals surface area contributed by atoms with Gasteiger partial charge in [-0.25, -0.2) is 0 Å². The summed E-state index contributed by atoms with van der Waals surface area (Å²) in [5.41, 5.74) is 1.44. The third-order valence-corrected chi connectivity index (χ3v) is 4.80. The Bertz CT molecular complexity index is 379. The maximum atomic E-state index is 5.95. The highest BCUT2D eigenvalue weighted by molar-refractivity contribution is 7.07. The van der Waals surface area contributed by atoms with Crippen LogP contribution in [0.3, 0.4) is 0 Å². The van der Waals surface area contributed by atoms with E-state index in [0.717, 1.165) is 32.8 Å². The minimum Gasteiger partial charge on any atom is -0.374 e. The fraction of sp³-hybridized carbons (Fsp3) is 0.714. The molecule has 3 nitrogen and oxygen atoms in total. The lowest BCUT2D eigenvalue weighted by molar-refractivity contribution is -0.0583. The lowest BCUT2D eigenvalue weighted by Gasteiger charge is -2.39. The Hall–Kier alpha value is -0.420. The molecule has 2 saturated heterocycles. The van der Waals surface area contributed by atoms with Crippen LogP contribution in [0, 0.1) is 0 Å². The number of likely N-dealkylation sites (tertiary alicyclic amines) is 1. The molecule has 4 heteroatoms. The van der Waals surface area contributed by atoms with Crippen LogP contribution in [0.15, 0.2) is 16.8 Å². The average Bonchev–Trinajstić information content (AvgIpc) is 2.96. The summed E-state index contributed by atoms with van der Waals surface area (Å²) in [6, 6.07) is 3.45. The first-order chi connectivity index (χ1) is 8.74. The second-order valence-corrected chi connectivity index (χ2v) is 6.41. The number of rotatable bonds is 3. The summed E-state index contributed by atoms with van der Waals surface area (Å²) >= 11 is 1.79. The predicted octanol–water partition coefficient (Wildman–Crippen LogP) is 2.04. The maximum Gasteiger partial charge on any atom is 0.0870 e. The van der Waals surface area contributed by atoms with Crippen LogP contribution in [0.5, 0.6) is 0 Å². The number of ether oxygens (including phenoxy) is 1. The molecule has 0 saturated carbocycles. The molecule has 0 bridgehead atoms. The lowest BCUT2D eigenvalue weighted by Crippen LogP contribution is -2.53. The quantitative estimate of drug-likeness (QED) is 0.833. The fourth-order valence-corrected chi connectivity index (χ4v) is 3.86. The van der Waals surface area contributed by atoms with Crippen molar-refractivity contribution in [2.75, 3.05) is 26.2 Å². The van der Waals surface area contributed by atoms with Crippen LogP contribution in [-0.4, -0.2) is 54.2 Å². The molecule has 2 aliphatic heterocycles. The minimum absolute atomic E-state index is 0.416. The van der Waals surface area contributed by atoms with E-state index in [1.54, 1.807) is 11.3 Å². The van der Waals surface area contributed by atoms with Gasteiger partial charge in [-0.1, -0.05) is 0 Å². The van der Waals surface area contributed by atoms with Gasteiger partial charge in [0.2, 0.25) is 0 Å². The first-order valence-electron chi connectivity index (χ1n) is 6.85. The maximum absolute atomic E-state index is 5.95. The van der Waals surface area contributed by atoms with Gasteiger partial charge in [-0.3, -0.25) is 9.80 Å². The van der Waals surface area contributed by atoms with Crippen LogP contribution in [0.2, 0.25) is 0 Å². The van der Waals surface area contributed by atoms with Crippen molar-refractivity contribution in [3.8, 4) is 0 Å². The Morgan fingerprint density at radius 1 is 1.44 bits per heavy atom. The zero-order chi connectivity index (χ0) is 12.5. The summed E-state index contributed by atoms with van der Waals surface area (Å²) in [6.07, 6.45) is 0.416. The Labute approximate surface area is 113 Å². The molecule has 0 aliphatic carbocycles. The van der Waals surface area contributed by atoms with Gasteiger partial charge in [0, 0.05) is 32.2 Å². The van der Waals surface area contributed by atoms with Crippen molar-refractivity contribution in [2.24, 2.45) is 0 Å². The third kappa shape index (κ3) is 2.48. The van der Waals surface area contributed by atoms with Gasteiger partial charge in [0.05, 0.1) is 18.8 Å². The summed E-state index contributed by atoms with van der Waals surface area (Å²) in [4.78, 5) is 5.15. The van der Waals surface area contributed by atoms with Crippen LogP contribution in [0.4, 0.5) is 0 Å². The highest BCUT2D eigenvalue weighted by atomic mass is 32.1. The first-order valence-corrected chi connectivity index (χ1v) is 7.79. The highest BCUT2D eigenvalue weighted by Crippen LogP contribution is 2.26. The number of fused-ring (bicyclic) bond motifs is 1.